The average molecular weight is 325 g/mol. The van der Waals surface area contributed by atoms with Gasteiger partial charge in [0.25, 0.3) is 0 Å². The lowest BCUT2D eigenvalue weighted by Gasteiger charge is -2.30. The second-order valence-electron chi connectivity index (χ2n) is 6.14. The van der Waals surface area contributed by atoms with E-state index >= 15 is 0 Å². The third-order valence-corrected chi connectivity index (χ3v) is 5.08. The van der Waals surface area contributed by atoms with Crippen molar-refractivity contribution in [3.63, 3.8) is 0 Å². The molecule has 0 aliphatic heterocycles. The molecule has 1 heterocycles. The third-order valence-electron chi connectivity index (χ3n) is 3.88. The summed E-state index contributed by atoms with van der Waals surface area (Å²) < 4.78 is 0. The minimum atomic E-state index is 0.0325. The van der Waals surface area contributed by atoms with Crippen LogP contribution in [-0.4, -0.2) is 28.9 Å². The summed E-state index contributed by atoms with van der Waals surface area (Å²) in [6.45, 7) is 5.69. The van der Waals surface area contributed by atoms with Gasteiger partial charge in [-0.25, -0.2) is 0 Å². The maximum Gasteiger partial charge on any atom is 0.230 e. The van der Waals surface area contributed by atoms with Crippen LogP contribution in [0.4, 0.5) is 0 Å². The summed E-state index contributed by atoms with van der Waals surface area (Å²) >= 11 is 6.74. The van der Waals surface area contributed by atoms with Gasteiger partial charge in [-0.1, -0.05) is 26.1 Å². The van der Waals surface area contributed by atoms with Gasteiger partial charge < -0.3 is 10.6 Å². The lowest BCUT2D eigenvalue weighted by atomic mass is 9.86. The summed E-state index contributed by atoms with van der Waals surface area (Å²) in [5, 5.41) is 2.11. The third kappa shape index (κ3) is 4.27. The topological polar surface area (TPSA) is 46.3 Å². The zero-order valence-electron chi connectivity index (χ0n) is 12.8. The smallest absolute Gasteiger partial charge is 0.230 e. The SMILES string of the molecule is CC(C)CN(CCC(N)=S)C(=O)C1CCCc2sccc21. The number of fused-ring (bicyclic) bond motifs is 1. The number of carbonyl (C=O) groups excluding carboxylic acids is 1. The zero-order chi connectivity index (χ0) is 15.4. The van der Waals surface area contributed by atoms with E-state index in [1.165, 1.54) is 10.4 Å². The van der Waals surface area contributed by atoms with Crippen molar-refractivity contribution in [2.24, 2.45) is 11.7 Å². The van der Waals surface area contributed by atoms with E-state index in [1.807, 2.05) is 4.90 Å². The monoisotopic (exact) mass is 324 g/mol. The predicted octanol–water partition coefficient (Wildman–Crippen LogP) is 3.33. The number of amides is 1. The first-order chi connectivity index (χ1) is 9.99. The summed E-state index contributed by atoms with van der Waals surface area (Å²) in [4.78, 5) is 16.8. The molecule has 1 aromatic heterocycles. The Labute approximate surface area is 136 Å². The van der Waals surface area contributed by atoms with Gasteiger partial charge in [0.05, 0.1) is 10.9 Å². The second-order valence-corrected chi connectivity index (χ2v) is 7.66. The molecular formula is C16H24N2OS2. The molecule has 2 N–H and O–H groups in total. The molecule has 1 unspecified atom stereocenters. The van der Waals surface area contributed by atoms with Crippen LogP contribution in [0, 0.1) is 5.92 Å². The van der Waals surface area contributed by atoms with Crippen molar-refractivity contribution in [2.45, 2.75) is 45.4 Å². The highest BCUT2D eigenvalue weighted by Crippen LogP contribution is 2.36. The molecule has 1 aromatic rings. The van der Waals surface area contributed by atoms with Gasteiger partial charge in [0.2, 0.25) is 5.91 Å². The Morgan fingerprint density at radius 2 is 2.33 bits per heavy atom. The fourth-order valence-electron chi connectivity index (χ4n) is 2.94. The quantitative estimate of drug-likeness (QED) is 0.817. The number of thiocarbonyl (C=S) groups is 1. The summed E-state index contributed by atoms with van der Waals surface area (Å²) in [6.07, 6.45) is 3.80. The summed E-state index contributed by atoms with van der Waals surface area (Å²) in [7, 11) is 0. The van der Waals surface area contributed by atoms with Gasteiger partial charge in [-0.2, -0.15) is 0 Å². The maximum absolute atomic E-state index is 13.0. The molecule has 0 spiro atoms. The van der Waals surface area contributed by atoms with Crippen LogP contribution in [0.1, 0.15) is 49.5 Å². The maximum atomic E-state index is 13.0. The van der Waals surface area contributed by atoms with Crippen LogP contribution < -0.4 is 5.73 Å². The summed E-state index contributed by atoms with van der Waals surface area (Å²) in [6, 6.07) is 2.13. The zero-order valence-corrected chi connectivity index (χ0v) is 14.4. The van der Waals surface area contributed by atoms with Gasteiger partial charge in [-0.05, 0) is 42.2 Å². The number of hydrogen-bond acceptors (Lipinski definition) is 3. The molecule has 3 nitrogen and oxygen atoms in total. The average Bonchev–Trinajstić information content (AvgIpc) is 2.90. The Kier molecular flexibility index (Phi) is 5.76. The van der Waals surface area contributed by atoms with E-state index in [1.54, 1.807) is 11.3 Å². The van der Waals surface area contributed by atoms with Crippen molar-refractivity contribution < 1.29 is 4.79 Å². The Hall–Kier alpha value is -0.940. The largest absolute Gasteiger partial charge is 0.393 e. The molecule has 1 aliphatic rings. The van der Waals surface area contributed by atoms with E-state index in [2.05, 4.69) is 25.3 Å². The molecular weight excluding hydrogens is 300 g/mol. The number of aryl methyl sites for hydroxylation is 1. The van der Waals surface area contributed by atoms with Crippen molar-refractivity contribution in [3.05, 3.63) is 21.9 Å². The van der Waals surface area contributed by atoms with Crippen LogP contribution in [0.2, 0.25) is 0 Å². The van der Waals surface area contributed by atoms with Gasteiger partial charge >= 0.3 is 0 Å². The van der Waals surface area contributed by atoms with Crippen LogP contribution in [-0.2, 0) is 11.2 Å². The predicted molar refractivity (Wildman–Crippen MR) is 92.8 cm³/mol. The van der Waals surface area contributed by atoms with Crippen LogP contribution >= 0.6 is 23.6 Å². The van der Waals surface area contributed by atoms with Gasteiger partial charge in [0, 0.05) is 24.4 Å². The van der Waals surface area contributed by atoms with Crippen LogP contribution in [0.15, 0.2) is 11.4 Å². The molecule has 1 amide bonds. The van der Waals surface area contributed by atoms with Crippen molar-refractivity contribution in [3.8, 4) is 0 Å². The molecule has 0 radical (unpaired) electrons. The molecule has 0 aromatic carbocycles. The number of nitrogens with zero attached hydrogens (tertiary/aromatic N) is 1. The van der Waals surface area contributed by atoms with Crippen LogP contribution in [0.3, 0.4) is 0 Å². The molecule has 0 fully saturated rings. The lowest BCUT2D eigenvalue weighted by molar-refractivity contribution is -0.133. The van der Waals surface area contributed by atoms with Crippen LogP contribution in [0.25, 0.3) is 0 Å². The molecule has 21 heavy (non-hydrogen) atoms. The van der Waals surface area contributed by atoms with E-state index in [0.717, 1.165) is 25.8 Å². The minimum Gasteiger partial charge on any atom is -0.393 e. The number of nitrogens with two attached hydrogens (primary N) is 1. The molecule has 0 saturated heterocycles. The molecule has 0 bridgehead atoms. The molecule has 116 valence electrons. The summed E-state index contributed by atoms with van der Waals surface area (Å²) in [5.41, 5.74) is 6.86. The minimum absolute atomic E-state index is 0.0325. The summed E-state index contributed by atoms with van der Waals surface area (Å²) in [5.74, 6) is 0.732. The fraction of sp³-hybridized carbons (Fsp3) is 0.625. The second kappa shape index (κ2) is 7.36. The number of rotatable bonds is 6. The highest BCUT2D eigenvalue weighted by Gasteiger charge is 2.30. The number of carbonyl (C=O) groups is 1. The fourth-order valence-corrected chi connectivity index (χ4v) is 4.02. The molecule has 2 rings (SSSR count). The Morgan fingerprint density at radius 3 is 3.00 bits per heavy atom. The van der Waals surface area contributed by atoms with Crippen molar-refractivity contribution >= 4 is 34.5 Å². The van der Waals surface area contributed by atoms with Crippen molar-refractivity contribution in [1.29, 1.82) is 0 Å². The standard InChI is InChI=1S/C16H24N2OS2/c1-11(2)10-18(8-6-15(17)20)16(19)13-4-3-5-14-12(13)7-9-21-14/h7,9,11,13H,3-6,8,10H2,1-2H3,(H2,17,20). The van der Waals surface area contributed by atoms with Crippen LogP contribution in [0.5, 0.6) is 0 Å². The molecule has 1 aliphatic carbocycles. The highest BCUT2D eigenvalue weighted by molar-refractivity contribution is 7.80. The molecule has 1 atom stereocenters. The first kappa shape index (κ1) is 16.4. The Bertz CT molecular complexity index is 510. The molecule has 0 saturated carbocycles. The van der Waals surface area contributed by atoms with Crippen molar-refractivity contribution in [2.75, 3.05) is 13.1 Å². The highest BCUT2D eigenvalue weighted by atomic mass is 32.1. The Balaban J connectivity index is 2.12. The van der Waals surface area contributed by atoms with Gasteiger partial charge in [-0.15, -0.1) is 11.3 Å². The lowest BCUT2D eigenvalue weighted by Crippen LogP contribution is -2.40. The van der Waals surface area contributed by atoms with Gasteiger partial charge in [0.1, 0.15) is 0 Å². The normalized spacial score (nSPS) is 17.6. The van der Waals surface area contributed by atoms with E-state index < -0.39 is 0 Å². The number of hydrogen-bond donors (Lipinski definition) is 1. The van der Waals surface area contributed by atoms with E-state index in [9.17, 15) is 4.79 Å². The van der Waals surface area contributed by atoms with Crippen molar-refractivity contribution in [1.82, 2.24) is 4.90 Å². The van der Waals surface area contributed by atoms with Gasteiger partial charge in [0.15, 0.2) is 0 Å². The van der Waals surface area contributed by atoms with E-state index in [0.29, 0.717) is 23.9 Å². The Morgan fingerprint density at radius 1 is 1.57 bits per heavy atom. The first-order valence-electron chi connectivity index (χ1n) is 7.62. The van der Waals surface area contributed by atoms with E-state index in [-0.39, 0.29) is 11.8 Å². The van der Waals surface area contributed by atoms with Gasteiger partial charge in [-0.3, -0.25) is 4.79 Å². The molecule has 5 heteroatoms. The number of thiophene rings is 1. The first-order valence-corrected chi connectivity index (χ1v) is 8.91. The van der Waals surface area contributed by atoms with E-state index in [4.69, 9.17) is 18.0 Å².